The molecule has 0 bridgehead atoms. The number of hydrogen-bond acceptors (Lipinski definition) is 4. The van der Waals surface area contributed by atoms with E-state index in [0.29, 0.717) is 17.9 Å². The normalized spacial score (nSPS) is 11.7. The Balaban J connectivity index is 2.01. The molecule has 1 amide bonds. The van der Waals surface area contributed by atoms with Gasteiger partial charge in [-0.2, -0.15) is 12.6 Å². The number of nitrogens with one attached hydrogen (secondary N) is 2. The van der Waals surface area contributed by atoms with E-state index in [9.17, 15) is 4.79 Å². The van der Waals surface area contributed by atoms with Crippen LogP contribution in [0.15, 0.2) is 54.6 Å². The van der Waals surface area contributed by atoms with Crippen LogP contribution in [0.25, 0.3) is 0 Å². The number of carbonyl (C=O) groups excluding carboxylic acids is 1. The molecule has 0 radical (unpaired) electrons. The number of hydrogen-bond donors (Lipinski definition) is 4. The summed E-state index contributed by atoms with van der Waals surface area (Å²) < 4.78 is 0. The molecular formula is C16H19N3OS. The Bertz CT molecular complexity index is 589. The van der Waals surface area contributed by atoms with Crippen molar-refractivity contribution < 1.29 is 4.79 Å². The lowest BCUT2D eigenvalue weighted by Gasteiger charge is -2.12. The molecule has 0 spiro atoms. The van der Waals surface area contributed by atoms with Crippen molar-refractivity contribution in [2.45, 2.75) is 6.04 Å². The van der Waals surface area contributed by atoms with Crippen molar-refractivity contribution in [1.29, 1.82) is 0 Å². The van der Waals surface area contributed by atoms with Gasteiger partial charge < -0.3 is 16.4 Å². The summed E-state index contributed by atoms with van der Waals surface area (Å²) in [5.74, 6) is 0.476. The predicted octanol–water partition coefficient (Wildman–Crippen LogP) is 2.61. The topological polar surface area (TPSA) is 67.1 Å². The molecule has 0 aromatic heterocycles. The lowest BCUT2D eigenvalue weighted by Crippen LogP contribution is -2.30. The van der Waals surface area contributed by atoms with Gasteiger partial charge in [0.1, 0.15) is 0 Å². The van der Waals surface area contributed by atoms with Crippen LogP contribution < -0.4 is 16.4 Å². The highest BCUT2D eigenvalue weighted by Gasteiger charge is 2.07. The van der Waals surface area contributed by atoms with Crippen molar-refractivity contribution in [2.75, 3.05) is 22.9 Å². The van der Waals surface area contributed by atoms with Crippen molar-refractivity contribution in [3.63, 3.8) is 0 Å². The third-order valence-electron chi connectivity index (χ3n) is 2.96. The van der Waals surface area contributed by atoms with Crippen molar-refractivity contribution in [3.05, 3.63) is 60.2 Å². The Morgan fingerprint density at radius 2 is 1.81 bits per heavy atom. The average Bonchev–Trinajstić information content (AvgIpc) is 2.53. The van der Waals surface area contributed by atoms with E-state index in [-0.39, 0.29) is 11.9 Å². The highest BCUT2D eigenvalue weighted by atomic mass is 32.1. The molecule has 5 heteroatoms. The third-order valence-corrected chi connectivity index (χ3v) is 3.43. The highest BCUT2D eigenvalue weighted by molar-refractivity contribution is 7.80. The first-order chi connectivity index (χ1) is 10.2. The maximum atomic E-state index is 12.2. The fourth-order valence-corrected chi connectivity index (χ4v) is 1.94. The zero-order valence-corrected chi connectivity index (χ0v) is 12.5. The Labute approximate surface area is 130 Å². The monoisotopic (exact) mass is 301 g/mol. The van der Waals surface area contributed by atoms with Gasteiger partial charge in [0.15, 0.2) is 0 Å². The van der Waals surface area contributed by atoms with Crippen LogP contribution >= 0.6 is 12.6 Å². The van der Waals surface area contributed by atoms with Crippen LogP contribution in [0.5, 0.6) is 0 Å². The lowest BCUT2D eigenvalue weighted by molar-refractivity contribution is 0.102. The van der Waals surface area contributed by atoms with E-state index in [0.717, 1.165) is 11.4 Å². The molecule has 2 aromatic carbocycles. The second-order valence-electron chi connectivity index (χ2n) is 4.72. The van der Waals surface area contributed by atoms with Crippen LogP contribution in [0.2, 0.25) is 0 Å². The molecule has 0 unspecified atom stereocenters. The minimum absolute atomic E-state index is 0.0184. The van der Waals surface area contributed by atoms with Crippen LogP contribution in [-0.4, -0.2) is 24.2 Å². The number of carbonyl (C=O) groups is 1. The summed E-state index contributed by atoms with van der Waals surface area (Å²) in [6.07, 6.45) is 0. The summed E-state index contributed by atoms with van der Waals surface area (Å²) in [7, 11) is 0. The van der Waals surface area contributed by atoms with Gasteiger partial charge in [-0.05, 0) is 30.3 Å². The number of amides is 1. The van der Waals surface area contributed by atoms with Gasteiger partial charge in [0, 0.05) is 35.3 Å². The number of para-hydroxylation sites is 1. The molecule has 2 aromatic rings. The second kappa shape index (κ2) is 7.71. The van der Waals surface area contributed by atoms with Crippen molar-refractivity contribution >= 4 is 29.9 Å². The molecule has 21 heavy (non-hydrogen) atoms. The van der Waals surface area contributed by atoms with Crippen LogP contribution in [0.3, 0.4) is 0 Å². The number of nitrogens with two attached hydrogens (primary N) is 1. The quantitative estimate of drug-likeness (QED) is 0.620. The highest BCUT2D eigenvalue weighted by Crippen LogP contribution is 2.13. The zero-order valence-electron chi connectivity index (χ0n) is 11.6. The van der Waals surface area contributed by atoms with Crippen LogP contribution in [0, 0.1) is 0 Å². The van der Waals surface area contributed by atoms with Gasteiger partial charge in [-0.3, -0.25) is 4.79 Å². The Hall–Kier alpha value is -1.98. The molecule has 0 fully saturated rings. The summed E-state index contributed by atoms with van der Waals surface area (Å²) in [4.78, 5) is 12.2. The van der Waals surface area contributed by atoms with Crippen LogP contribution in [-0.2, 0) is 0 Å². The smallest absolute Gasteiger partial charge is 0.255 e. The molecule has 0 heterocycles. The molecule has 110 valence electrons. The van der Waals surface area contributed by atoms with Crippen molar-refractivity contribution in [3.8, 4) is 0 Å². The summed E-state index contributed by atoms with van der Waals surface area (Å²) in [6.45, 7) is 0.618. The molecule has 0 aliphatic carbocycles. The molecular weight excluding hydrogens is 282 g/mol. The summed E-state index contributed by atoms with van der Waals surface area (Å²) in [5.41, 5.74) is 8.05. The largest absolute Gasteiger partial charge is 0.383 e. The second-order valence-corrected chi connectivity index (χ2v) is 5.09. The van der Waals surface area contributed by atoms with Gasteiger partial charge in [-0.1, -0.05) is 24.3 Å². The van der Waals surface area contributed by atoms with E-state index in [4.69, 9.17) is 5.73 Å². The standard InChI is InChI=1S/C16H19N3OS/c17-13(11-21)10-18-15-8-4-5-12(9-15)16(20)19-14-6-2-1-3-7-14/h1-9,13,18,21H,10-11,17H2,(H,19,20)/t13-/m1/s1. The van der Waals surface area contributed by atoms with Gasteiger partial charge in [0.2, 0.25) is 0 Å². The molecule has 0 aliphatic rings. The molecule has 2 rings (SSSR count). The van der Waals surface area contributed by atoms with Gasteiger partial charge in [0.05, 0.1) is 0 Å². The van der Waals surface area contributed by atoms with E-state index in [1.165, 1.54) is 0 Å². The van der Waals surface area contributed by atoms with E-state index >= 15 is 0 Å². The maximum Gasteiger partial charge on any atom is 0.255 e. The van der Waals surface area contributed by atoms with Gasteiger partial charge in [-0.25, -0.2) is 0 Å². The van der Waals surface area contributed by atoms with Gasteiger partial charge >= 0.3 is 0 Å². The Kier molecular flexibility index (Phi) is 5.66. The van der Waals surface area contributed by atoms with Gasteiger partial charge in [0.25, 0.3) is 5.91 Å². The first-order valence-corrected chi connectivity index (χ1v) is 7.39. The van der Waals surface area contributed by atoms with E-state index in [2.05, 4.69) is 23.3 Å². The zero-order chi connectivity index (χ0) is 15.1. The molecule has 0 saturated carbocycles. The number of anilines is 2. The number of benzene rings is 2. The van der Waals surface area contributed by atoms with E-state index in [1.54, 1.807) is 6.07 Å². The average molecular weight is 301 g/mol. The van der Waals surface area contributed by atoms with Crippen LogP contribution in [0.4, 0.5) is 11.4 Å². The summed E-state index contributed by atoms with van der Waals surface area (Å²) >= 11 is 4.14. The fourth-order valence-electron chi connectivity index (χ4n) is 1.81. The summed E-state index contributed by atoms with van der Waals surface area (Å²) in [6, 6.07) is 16.7. The Morgan fingerprint density at radius 3 is 2.52 bits per heavy atom. The molecule has 4 nitrogen and oxygen atoms in total. The van der Waals surface area contributed by atoms with Gasteiger partial charge in [-0.15, -0.1) is 0 Å². The summed E-state index contributed by atoms with van der Waals surface area (Å²) in [5, 5.41) is 6.06. The molecule has 1 atom stereocenters. The van der Waals surface area contributed by atoms with Crippen molar-refractivity contribution in [2.24, 2.45) is 5.73 Å². The maximum absolute atomic E-state index is 12.2. The third kappa shape index (κ3) is 4.81. The first-order valence-electron chi connectivity index (χ1n) is 6.76. The van der Waals surface area contributed by atoms with E-state index < -0.39 is 0 Å². The van der Waals surface area contributed by atoms with Crippen molar-refractivity contribution in [1.82, 2.24) is 0 Å². The lowest BCUT2D eigenvalue weighted by atomic mass is 10.1. The molecule has 4 N–H and O–H groups in total. The first kappa shape index (κ1) is 15.4. The fraction of sp³-hybridized carbons (Fsp3) is 0.188. The minimum Gasteiger partial charge on any atom is -0.383 e. The number of thiol groups is 1. The Morgan fingerprint density at radius 1 is 1.10 bits per heavy atom. The molecule has 0 saturated heterocycles. The SMILES string of the molecule is N[C@@H](CS)CNc1cccc(C(=O)Nc2ccccc2)c1. The van der Waals surface area contributed by atoms with Crippen LogP contribution in [0.1, 0.15) is 10.4 Å². The number of rotatable bonds is 6. The predicted molar refractivity (Wildman–Crippen MR) is 91.2 cm³/mol. The van der Waals surface area contributed by atoms with E-state index in [1.807, 2.05) is 48.5 Å². The molecule has 0 aliphatic heterocycles. The minimum atomic E-state index is -0.136.